The second kappa shape index (κ2) is 4.02. The first kappa shape index (κ1) is 10.2. The highest BCUT2D eigenvalue weighted by Crippen LogP contribution is 2.32. The molecule has 0 saturated heterocycles. The first-order chi connectivity index (χ1) is 7.70. The molecule has 80 valence electrons. The molecule has 0 saturated carbocycles. The zero-order chi connectivity index (χ0) is 11.5. The van der Waals surface area contributed by atoms with Crippen LogP contribution in [0.5, 0.6) is 0 Å². The van der Waals surface area contributed by atoms with E-state index in [-0.39, 0.29) is 11.4 Å². The van der Waals surface area contributed by atoms with E-state index in [0.29, 0.717) is 5.56 Å². The van der Waals surface area contributed by atoms with Gasteiger partial charge in [0.15, 0.2) is 0 Å². The Morgan fingerprint density at radius 1 is 1.00 bits per heavy atom. The maximum atomic E-state index is 10.7. The monoisotopic (exact) mass is 214 g/mol. The minimum Gasteiger partial charge on any atom is -0.393 e. The minimum absolute atomic E-state index is 0.0543. The molecule has 0 radical (unpaired) electrons. The third-order valence-corrected chi connectivity index (χ3v) is 2.36. The van der Waals surface area contributed by atoms with Gasteiger partial charge in [-0.2, -0.15) is 0 Å². The SMILES string of the molecule is Nc1c(-c2ccccc2)cccc1[N+](=O)[O-]. The summed E-state index contributed by atoms with van der Waals surface area (Å²) in [6, 6.07) is 14.2. The molecule has 0 amide bonds. The Kier molecular flexibility index (Phi) is 2.55. The minimum atomic E-state index is -0.470. The van der Waals surface area contributed by atoms with Gasteiger partial charge in [0.1, 0.15) is 5.69 Å². The molecule has 0 aromatic heterocycles. The predicted molar refractivity (Wildman–Crippen MR) is 62.9 cm³/mol. The van der Waals surface area contributed by atoms with Crippen molar-refractivity contribution in [2.75, 3.05) is 5.73 Å². The van der Waals surface area contributed by atoms with Crippen LogP contribution in [0.1, 0.15) is 0 Å². The fraction of sp³-hybridized carbons (Fsp3) is 0. The fourth-order valence-corrected chi connectivity index (χ4v) is 1.58. The average molecular weight is 214 g/mol. The van der Waals surface area contributed by atoms with Crippen molar-refractivity contribution in [3.8, 4) is 11.1 Å². The van der Waals surface area contributed by atoms with E-state index in [9.17, 15) is 10.1 Å². The zero-order valence-corrected chi connectivity index (χ0v) is 8.46. The highest BCUT2D eigenvalue weighted by molar-refractivity contribution is 5.82. The van der Waals surface area contributed by atoms with Crippen LogP contribution in [0.3, 0.4) is 0 Å². The Hall–Kier alpha value is -2.36. The highest BCUT2D eigenvalue weighted by Gasteiger charge is 2.14. The summed E-state index contributed by atoms with van der Waals surface area (Å²) in [5.41, 5.74) is 7.50. The number of anilines is 1. The van der Waals surface area contributed by atoms with Crippen LogP contribution in [0.15, 0.2) is 48.5 Å². The normalized spacial score (nSPS) is 10.0. The van der Waals surface area contributed by atoms with Crippen LogP contribution in [0.25, 0.3) is 11.1 Å². The van der Waals surface area contributed by atoms with Crippen molar-refractivity contribution in [3.05, 3.63) is 58.6 Å². The largest absolute Gasteiger partial charge is 0.393 e. The van der Waals surface area contributed by atoms with Gasteiger partial charge in [-0.15, -0.1) is 0 Å². The molecule has 2 N–H and O–H groups in total. The molecular weight excluding hydrogens is 204 g/mol. The molecule has 4 heteroatoms. The van der Waals surface area contributed by atoms with Gasteiger partial charge in [0.25, 0.3) is 5.69 Å². The van der Waals surface area contributed by atoms with E-state index < -0.39 is 4.92 Å². The van der Waals surface area contributed by atoms with E-state index in [1.165, 1.54) is 6.07 Å². The van der Waals surface area contributed by atoms with Crippen LogP contribution in [0.2, 0.25) is 0 Å². The number of rotatable bonds is 2. The number of nitro groups is 1. The molecule has 16 heavy (non-hydrogen) atoms. The summed E-state index contributed by atoms with van der Waals surface area (Å²) >= 11 is 0. The summed E-state index contributed by atoms with van der Waals surface area (Å²) in [6.07, 6.45) is 0. The molecule has 0 atom stereocenters. The second-order valence-electron chi connectivity index (χ2n) is 3.36. The van der Waals surface area contributed by atoms with Gasteiger partial charge in [0, 0.05) is 11.6 Å². The van der Waals surface area contributed by atoms with Gasteiger partial charge in [0.2, 0.25) is 0 Å². The van der Waals surface area contributed by atoms with Gasteiger partial charge in [-0.05, 0) is 5.56 Å². The van der Waals surface area contributed by atoms with E-state index in [0.717, 1.165) is 5.56 Å². The number of nitro benzene ring substituents is 1. The predicted octanol–water partition coefficient (Wildman–Crippen LogP) is 2.84. The van der Waals surface area contributed by atoms with Crippen molar-refractivity contribution in [2.45, 2.75) is 0 Å². The summed E-state index contributed by atoms with van der Waals surface area (Å²) < 4.78 is 0. The fourth-order valence-electron chi connectivity index (χ4n) is 1.58. The summed E-state index contributed by atoms with van der Waals surface area (Å²) in [6.45, 7) is 0. The summed E-state index contributed by atoms with van der Waals surface area (Å²) in [5.74, 6) is 0. The number of benzene rings is 2. The maximum Gasteiger partial charge on any atom is 0.292 e. The van der Waals surface area contributed by atoms with Crippen molar-refractivity contribution in [1.29, 1.82) is 0 Å². The molecule has 0 bridgehead atoms. The zero-order valence-electron chi connectivity index (χ0n) is 8.46. The van der Waals surface area contributed by atoms with Crippen molar-refractivity contribution >= 4 is 11.4 Å². The Balaban J connectivity index is 2.59. The van der Waals surface area contributed by atoms with E-state index in [4.69, 9.17) is 5.73 Å². The molecule has 2 aromatic carbocycles. The molecule has 0 spiro atoms. The number of nitrogens with zero attached hydrogens (tertiary/aromatic N) is 1. The van der Waals surface area contributed by atoms with E-state index in [1.54, 1.807) is 12.1 Å². The van der Waals surface area contributed by atoms with Crippen LogP contribution in [-0.4, -0.2) is 4.92 Å². The lowest BCUT2D eigenvalue weighted by atomic mass is 10.0. The first-order valence-corrected chi connectivity index (χ1v) is 4.78. The second-order valence-corrected chi connectivity index (χ2v) is 3.36. The van der Waals surface area contributed by atoms with E-state index >= 15 is 0 Å². The highest BCUT2D eigenvalue weighted by atomic mass is 16.6. The van der Waals surface area contributed by atoms with Gasteiger partial charge < -0.3 is 5.73 Å². The van der Waals surface area contributed by atoms with Crippen LogP contribution >= 0.6 is 0 Å². The lowest BCUT2D eigenvalue weighted by Gasteiger charge is -2.05. The van der Waals surface area contributed by atoms with Crippen molar-refractivity contribution < 1.29 is 4.92 Å². The molecule has 0 unspecified atom stereocenters. The van der Waals surface area contributed by atoms with Crippen LogP contribution in [-0.2, 0) is 0 Å². The van der Waals surface area contributed by atoms with Crippen molar-refractivity contribution in [2.24, 2.45) is 0 Å². The number of nitrogen functional groups attached to an aromatic ring is 1. The lowest BCUT2D eigenvalue weighted by Crippen LogP contribution is -1.97. The Morgan fingerprint density at radius 2 is 1.69 bits per heavy atom. The van der Waals surface area contributed by atoms with E-state index in [2.05, 4.69) is 0 Å². The third kappa shape index (κ3) is 1.72. The Bertz CT molecular complexity index is 524. The quantitative estimate of drug-likeness (QED) is 0.474. The summed E-state index contributed by atoms with van der Waals surface area (Å²) in [7, 11) is 0. The molecule has 0 aliphatic carbocycles. The number of para-hydroxylation sites is 1. The van der Waals surface area contributed by atoms with E-state index in [1.807, 2.05) is 30.3 Å². The van der Waals surface area contributed by atoms with Crippen LogP contribution < -0.4 is 5.73 Å². The molecule has 0 heterocycles. The molecule has 0 aliphatic rings. The standard InChI is InChI=1S/C12H10N2O2/c13-12-10(9-5-2-1-3-6-9)7-4-8-11(12)14(15)16/h1-8H,13H2. The van der Waals surface area contributed by atoms with Gasteiger partial charge in [0.05, 0.1) is 4.92 Å². The Labute approximate surface area is 92.5 Å². The number of hydrogen-bond acceptors (Lipinski definition) is 3. The van der Waals surface area contributed by atoms with Crippen LogP contribution in [0, 0.1) is 10.1 Å². The molecule has 0 fully saturated rings. The molecule has 2 rings (SSSR count). The van der Waals surface area contributed by atoms with Gasteiger partial charge in [-0.1, -0.05) is 42.5 Å². The number of nitrogens with two attached hydrogens (primary N) is 1. The van der Waals surface area contributed by atoms with Gasteiger partial charge in [-0.3, -0.25) is 10.1 Å². The molecular formula is C12H10N2O2. The Morgan fingerprint density at radius 3 is 2.31 bits per heavy atom. The molecule has 2 aromatic rings. The van der Waals surface area contributed by atoms with Crippen molar-refractivity contribution in [1.82, 2.24) is 0 Å². The molecule has 4 nitrogen and oxygen atoms in total. The van der Waals surface area contributed by atoms with Gasteiger partial charge in [-0.25, -0.2) is 0 Å². The lowest BCUT2D eigenvalue weighted by molar-refractivity contribution is -0.383. The van der Waals surface area contributed by atoms with Gasteiger partial charge >= 0.3 is 0 Å². The van der Waals surface area contributed by atoms with Crippen LogP contribution in [0.4, 0.5) is 11.4 Å². The van der Waals surface area contributed by atoms with Crippen molar-refractivity contribution in [3.63, 3.8) is 0 Å². The topological polar surface area (TPSA) is 69.2 Å². The average Bonchev–Trinajstić information content (AvgIpc) is 2.30. The molecule has 0 aliphatic heterocycles. The third-order valence-electron chi connectivity index (χ3n) is 2.36. The summed E-state index contributed by atoms with van der Waals surface area (Å²) in [4.78, 5) is 10.3. The first-order valence-electron chi connectivity index (χ1n) is 4.78. The number of hydrogen-bond donors (Lipinski definition) is 1. The summed E-state index contributed by atoms with van der Waals surface area (Å²) in [5, 5.41) is 10.7. The maximum absolute atomic E-state index is 10.7. The smallest absolute Gasteiger partial charge is 0.292 e.